The maximum absolute atomic E-state index is 6.27. The fourth-order valence-corrected chi connectivity index (χ4v) is 2.48. The minimum atomic E-state index is -0.0685. The van der Waals surface area contributed by atoms with Crippen molar-refractivity contribution in [3.05, 3.63) is 11.8 Å². The smallest absolute Gasteiger partial charge is 0.228 e. The third kappa shape index (κ3) is 3.35. The lowest BCUT2D eigenvalue weighted by atomic mass is 9.87. The molecule has 0 aliphatic carbocycles. The SMILES string of the molecule is CCCC1(N)CN(c2nc(C)cc(OC(C)C)n2)C1. The molecule has 2 rings (SSSR count). The molecule has 0 spiro atoms. The molecule has 0 saturated carbocycles. The molecule has 1 fully saturated rings. The first kappa shape index (κ1) is 14.1. The number of hydrogen-bond donors (Lipinski definition) is 1. The van der Waals surface area contributed by atoms with Crippen molar-refractivity contribution in [3.63, 3.8) is 0 Å². The van der Waals surface area contributed by atoms with E-state index in [9.17, 15) is 0 Å². The standard InChI is InChI=1S/C14H24N4O/c1-5-6-14(15)8-18(9-14)13-16-11(4)7-12(17-13)19-10(2)3/h7,10H,5-6,8-9,15H2,1-4H3. The third-order valence-electron chi connectivity index (χ3n) is 3.22. The Hall–Kier alpha value is -1.36. The summed E-state index contributed by atoms with van der Waals surface area (Å²) >= 11 is 0. The Kier molecular flexibility index (Phi) is 3.94. The topological polar surface area (TPSA) is 64.3 Å². The lowest BCUT2D eigenvalue weighted by Crippen LogP contribution is -2.67. The minimum Gasteiger partial charge on any atom is -0.475 e. The van der Waals surface area contributed by atoms with Crippen LogP contribution in [0.3, 0.4) is 0 Å². The maximum atomic E-state index is 6.27. The van der Waals surface area contributed by atoms with Gasteiger partial charge in [0.2, 0.25) is 11.8 Å². The number of nitrogens with zero attached hydrogens (tertiary/aromatic N) is 3. The summed E-state index contributed by atoms with van der Waals surface area (Å²) in [6.45, 7) is 9.76. The molecule has 19 heavy (non-hydrogen) atoms. The van der Waals surface area contributed by atoms with E-state index in [0.717, 1.165) is 37.6 Å². The molecular weight excluding hydrogens is 240 g/mol. The highest BCUT2D eigenvalue weighted by atomic mass is 16.5. The molecule has 1 aromatic rings. The molecule has 1 aliphatic heterocycles. The van der Waals surface area contributed by atoms with Crippen LogP contribution in [0.2, 0.25) is 0 Å². The van der Waals surface area contributed by atoms with Gasteiger partial charge in [0.05, 0.1) is 11.6 Å². The average molecular weight is 264 g/mol. The van der Waals surface area contributed by atoms with Crippen molar-refractivity contribution in [2.75, 3.05) is 18.0 Å². The molecule has 5 heteroatoms. The lowest BCUT2D eigenvalue weighted by molar-refractivity contribution is 0.231. The first-order valence-electron chi connectivity index (χ1n) is 6.98. The van der Waals surface area contributed by atoms with E-state index in [0.29, 0.717) is 5.88 Å². The van der Waals surface area contributed by atoms with Gasteiger partial charge in [-0.05, 0) is 27.2 Å². The van der Waals surface area contributed by atoms with E-state index in [1.54, 1.807) is 0 Å². The van der Waals surface area contributed by atoms with Crippen LogP contribution in [0.5, 0.6) is 5.88 Å². The predicted molar refractivity (Wildman–Crippen MR) is 76.6 cm³/mol. The summed E-state index contributed by atoms with van der Waals surface area (Å²) in [7, 11) is 0. The first-order valence-corrected chi connectivity index (χ1v) is 6.98. The van der Waals surface area contributed by atoms with Crippen LogP contribution in [0.25, 0.3) is 0 Å². The fraction of sp³-hybridized carbons (Fsp3) is 0.714. The fourth-order valence-electron chi connectivity index (χ4n) is 2.48. The minimum absolute atomic E-state index is 0.0685. The molecule has 106 valence electrons. The van der Waals surface area contributed by atoms with Gasteiger partial charge < -0.3 is 15.4 Å². The van der Waals surface area contributed by atoms with Crippen LogP contribution in [-0.4, -0.2) is 34.7 Å². The Morgan fingerprint density at radius 1 is 1.42 bits per heavy atom. The van der Waals surface area contributed by atoms with Crippen molar-refractivity contribution >= 4 is 5.95 Å². The number of anilines is 1. The summed E-state index contributed by atoms with van der Waals surface area (Å²) in [5.74, 6) is 1.37. The zero-order valence-corrected chi connectivity index (χ0v) is 12.3. The molecule has 2 heterocycles. The highest BCUT2D eigenvalue weighted by molar-refractivity contribution is 5.40. The maximum Gasteiger partial charge on any atom is 0.228 e. The zero-order chi connectivity index (χ0) is 14.0. The Labute approximate surface area is 115 Å². The van der Waals surface area contributed by atoms with Crippen LogP contribution in [0.4, 0.5) is 5.95 Å². The van der Waals surface area contributed by atoms with E-state index >= 15 is 0 Å². The molecule has 0 aromatic carbocycles. The second-order valence-corrected chi connectivity index (χ2v) is 5.78. The summed E-state index contributed by atoms with van der Waals surface area (Å²) < 4.78 is 5.64. The summed E-state index contributed by atoms with van der Waals surface area (Å²) in [4.78, 5) is 11.0. The zero-order valence-electron chi connectivity index (χ0n) is 12.3. The van der Waals surface area contributed by atoms with Gasteiger partial charge in [0.15, 0.2) is 0 Å². The predicted octanol–water partition coefficient (Wildman–Crippen LogP) is 1.89. The van der Waals surface area contributed by atoms with E-state index < -0.39 is 0 Å². The quantitative estimate of drug-likeness (QED) is 0.880. The Balaban J connectivity index is 2.08. The summed E-state index contributed by atoms with van der Waals surface area (Å²) in [5, 5.41) is 0. The second-order valence-electron chi connectivity index (χ2n) is 5.78. The number of rotatable bonds is 5. The van der Waals surface area contributed by atoms with Crippen LogP contribution < -0.4 is 15.4 Å². The molecule has 2 N–H and O–H groups in total. The van der Waals surface area contributed by atoms with Crippen molar-refractivity contribution in [3.8, 4) is 5.88 Å². The van der Waals surface area contributed by atoms with Crippen LogP contribution in [-0.2, 0) is 0 Å². The molecule has 0 bridgehead atoms. The van der Waals surface area contributed by atoms with Crippen molar-refractivity contribution in [2.24, 2.45) is 5.73 Å². The van der Waals surface area contributed by atoms with Crippen LogP contribution >= 0.6 is 0 Å². The second kappa shape index (κ2) is 5.33. The molecule has 0 atom stereocenters. The van der Waals surface area contributed by atoms with Crippen molar-refractivity contribution in [1.82, 2.24) is 9.97 Å². The molecular formula is C14H24N4O. The van der Waals surface area contributed by atoms with Gasteiger partial charge in [-0.25, -0.2) is 4.98 Å². The van der Waals surface area contributed by atoms with Gasteiger partial charge in [0, 0.05) is 24.8 Å². The number of aromatic nitrogens is 2. The molecule has 0 radical (unpaired) electrons. The number of ether oxygens (including phenoxy) is 1. The van der Waals surface area contributed by atoms with Gasteiger partial charge >= 0.3 is 0 Å². The average Bonchev–Trinajstić information content (AvgIpc) is 2.24. The van der Waals surface area contributed by atoms with Crippen molar-refractivity contribution in [2.45, 2.75) is 52.2 Å². The molecule has 5 nitrogen and oxygen atoms in total. The van der Waals surface area contributed by atoms with E-state index in [1.807, 2.05) is 26.8 Å². The highest BCUT2D eigenvalue weighted by Crippen LogP contribution is 2.28. The van der Waals surface area contributed by atoms with Gasteiger partial charge in [0.25, 0.3) is 0 Å². The largest absolute Gasteiger partial charge is 0.475 e. The van der Waals surface area contributed by atoms with E-state index in [-0.39, 0.29) is 11.6 Å². The number of hydrogen-bond acceptors (Lipinski definition) is 5. The normalized spacial score (nSPS) is 17.5. The van der Waals surface area contributed by atoms with E-state index in [2.05, 4.69) is 21.8 Å². The van der Waals surface area contributed by atoms with Gasteiger partial charge in [-0.3, -0.25) is 0 Å². The summed E-state index contributed by atoms with van der Waals surface area (Å²) in [6.07, 6.45) is 2.28. The molecule has 0 amide bonds. The molecule has 0 unspecified atom stereocenters. The molecule has 1 aromatic heterocycles. The van der Waals surface area contributed by atoms with Crippen LogP contribution in [0.1, 0.15) is 39.3 Å². The number of nitrogens with two attached hydrogens (primary N) is 1. The van der Waals surface area contributed by atoms with Crippen LogP contribution in [0.15, 0.2) is 6.07 Å². The van der Waals surface area contributed by atoms with E-state index in [1.165, 1.54) is 0 Å². The Morgan fingerprint density at radius 3 is 2.68 bits per heavy atom. The Bertz CT molecular complexity index is 441. The Morgan fingerprint density at radius 2 is 2.11 bits per heavy atom. The molecule has 1 aliphatic rings. The van der Waals surface area contributed by atoms with Gasteiger partial charge in [-0.1, -0.05) is 13.3 Å². The number of aryl methyl sites for hydroxylation is 1. The van der Waals surface area contributed by atoms with Gasteiger partial charge in [0.1, 0.15) is 0 Å². The highest BCUT2D eigenvalue weighted by Gasteiger charge is 2.40. The van der Waals surface area contributed by atoms with Crippen molar-refractivity contribution < 1.29 is 4.74 Å². The third-order valence-corrected chi connectivity index (χ3v) is 3.22. The van der Waals surface area contributed by atoms with Gasteiger partial charge in [-0.15, -0.1) is 0 Å². The summed E-state index contributed by atoms with van der Waals surface area (Å²) in [6, 6.07) is 1.87. The van der Waals surface area contributed by atoms with Gasteiger partial charge in [-0.2, -0.15) is 4.98 Å². The van der Waals surface area contributed by atoms with Crippen LogP contribution in [0, 0.1) is 6.92 Å². The molecule has 1 saturated heterocycles. The van der Waals surface area contributed by atoms with Crippen molar-refractivity contribution in [1.29, 1.82) is 0 Å². The monoisotopic (exact) mass is 264 g/mol. The lowest BCUT2D eigenvalue weighted by Gasteiger charge is -2.47. The summed E-state index contributed by atoms with van der Waals surface area (Å²) in [5.41, 5.74) is 7.12. The van der Waals surface area contributed by atoms with E-state index in [4.69, 9.17) is 10.5 Å². The first-order chi connectivity index (χ1) is 8.92.